The molecule has 1 atom stereocenters. The minimum atomic E-state index is -5.08. The van der Waals surface area contributed by atoms with Crippen LogP contribution >= 0.6 is 11.3 Å². The molecule has 3 rings (SSSR count). The van der Waals surface area contributed by atoms with E-state index in [0.717, 1.165) is 17.0 Å². The molecule has 1 aliphatic heterocycles. The summed E-state index contributed by atoms with van der Waals surface area (Å²) in [5.74, 6) is -2.74. The molecular formula is C19H21F3N2O3S. The van der Waals surface area contributed by atoms with Gasteiger partial charge in [0.15, 0.2) is 0 Å². The van der Waals surface area contributed by atoms with Crippen LogP contribution in [0.3, 0.4) is 0 Å². The monoisotopic (exact) mass is 414 g/mol. The van der Waals surface area contributed by atoms with Crippen molar-refractivity contribution in [2.45, 2.75) is 38.5 Å². The Morgan fingerprint density at radius 3 is 2.57 bits per heavy atom. The molecule has 2 heterocycles. The number of carboxylic acid groups (broad SMARTS) is 1. The minimum absolute atomic E-state index is 0.0192. The highest BCUT2D eigenvalue weighted by Crippen LogP contribution is 2.29. The Hall–Kier alpha value is -2.39. The topological polar surface area (TPSA) is 78.4 Å². The van der Waals surface area contributed by atoms with Crippen molar-refractivity contribution in [2.75, 3.05) is 6.54 Å². The molecule has 0 bridgehead atoms. The minimum Gasteiger partial charge on any atom is -0.475 e. The molecular weight excluding hydrogens is 393 g/mol. The van der Waals surface area contributed by atoms with E-state index in [-0.39, 0.29) is 5.91 Å². The maximum atomic E-state index is 12.2. The second-order valence-electron chi connectivity index (χ2n) is 6.33. The molecule has 1 unspecified atom stereocenters. The van der Waals surface area contributed by atoms with Gasteiger partial charge in [-0.1, -0.05) is 29.8 Å². The number of thiophene rings is 1. The molecule has 1 saturated heterocycles. The van der Waals surface area contributed by atoms with Crippen molar-refractivity contribution in [3.05, 3.63) is 57.3 Å². The van der Waals surface area contributed by atoms with E-state index < -0.39 is 12.1 Å². The summed E-state index contributed by atoms with van der Waals surface area (Å²) >= 11 is 1.60. The number of rotatable bonds is 4. The van der Waals surface area contributed by atoms with E-state index in [0.29, 0.717) is 12.6 Å². The third kappa shape index (κ3) is 6.65. The van der Waals surface area contributed by atoms with Crippen LogP contribution < -0.4 is 10.6 Å². The van der Waals surface area contributed by atoms with Gasteiger partial charge in [-0.25, -0.2) is 4.79 Å². The predicted octanol–water partition coefficient (Wildman–Crippen LogP) is 4.04. The second-order valence-corrected chi connectivity index (χ2v) is 7.44. The SMILES string of the molecule is Cc1cccc(CNC(=O)c2ccc(C3CCCN3)s2)c1.O=C(O)C(F)(F)F. The van der Waals surface area contributed by atoms with E-state index in [9.17, 15) is 18.0 Å². The highest BCUT2D eigenvalue weighted by Gasteiger charge is 2.38. The molecule has 1 aromatic carbocycles. The fourth-order valence-corrected chi connectivity index (χ4v) is 3.72. The zero-order valence-corrected chi connectivity index (χ0v) is 16.0. The lowest BCUT2D eigenvalue weighted by molar-refractivity contribution is -0.192. The van der Waals surface area contributed by atoms with E-state index in [4.69, 9.17) is 9.90 Å². The first-order valence-electron chi connectivity index (χ1n) is 8.64. The number of aryl methyl sites for hydroxylation is 1. The highest BCUT2D eigenvalue weighted by atomic mass is 32.1. The van der Waals surface area contributed by atoms with Gasteiger partial charge in [0.2, 0.25) is 0 Å². The molecule has 0 radical (unpaired) electrons. The van der Waals surface area contributed by atoms with Gasteiger partial charge in [0.25, 0.3) is 5.91 Å². The number of benzene rings is 1. The van der Waals surface area contributed by atoms with Crippen molar-refractivity contribution >= 4 is 23.2 Å². The number of halogens is 3. The molecule has 9 heteroatoms. The molecule has 5 nitrogen and oxygen atoms in total. The molecule has 1 aromatic heterocycles. The van der Waals surface area contributed by atoms with E-state index in [2.05, 4.69) is 35.8 Å². The van der Waals surface area contributed by atoms with Crippen LogP contribution in [0.1, 0.15) is 44.6 Å². The lowest BCUT2D eigenvalue weighted by Gasteiger charge is -2.06. The number of aliphatic carboxylic acids is 1. The number of hydrogen-bond donors (Lipinski definition) is 3. The van der Waals surface area contributed by atoms with Crippen LogP contribution in [0, 0.1) is 6.92 Å². The van der Waals surface area contributed by atoms with Crippen LogP contribution in [0.4, 0.5) is 13.2 Å². The van der Waals surface area contributed by atoms with Crippen molar-refractivity contribution in [1.29, 1.82) is 0 Å². The molecule has 28 heavy (non-hydrogen) atoms. The summed E-state index contributed by atoms with van der Waals surface area (Å²) in [6.07, 6.45) is -2.69. The Morgan fingerprint density at radius 2 is 2.00 bits per heavy atom. The van der Waals surface area contributed by atoms with E-state index in [1.165, 1.54) is 23.3 Å². The fourth-order valence-electron chi connectivity index (χ4n) is 2.68. The summed E-state index contributed by atoms with van der Waals surface area (Å²) in [6.45, 7) is 3.72. The largest absolute Gasteiger partial charge is 0.490 e. The van der Waals surface area contributed by atoms with Crippen molar-refractivity contribution in [3.8, 4) is 0 Å². The first-order chi connectivity index (χ1) is 13.2. The molecule has 1 amide bonds. The second kappa shape index (κ2) is 9.70. The number of carbonyl (C=O) groups excluding carboxylic acids is 1. The Bertz CT molecular complexity index is 815. The normalized spacial score (nSPS) is 16.2. The average Bonchev–Trinajstić information content (AvgIpc) is 3.30. The van der Waals surface area contributed by atoms with Gasteiger partial charge in [-0.2, -0.15) is 13.2 Å². The van der Waals surface area contributed by atoms with Gasteiger partial charge in [0.1, 0.15) is 0 Å². The summed E-state index contributed by atoms with van der Waals surface area (Å²) < 4.78 is 31.7. The average molecular weight is 414 g/mol. The first-order valence-corrected chi connectivity index (χ1v) is 9.45. The summed E-state index contributed by atoms with van der Waals surface area (Å²) in [6, 6.07) is 12.7. The molecule has 0 aliphatic carbocycles. The van der Waals surface area contributed by atoms with Crippen LogP contribution in [-0.2, 0) is 11.3 Å². The van der Waals surface area contributed by atoms with Crippen LogP contribution in [0.25, 0.3) is 0 Å². The maximum absolute atomic E-state index is 12.2. The number of alkyl halides is 3. The summed E-state index contributed by atoms with van der Waals surface area (Å²) in [5, 5.41) is 13.6. The zero-order chi connectivity index (χ0) is 20.7. The van der Waals surface area contributed by atoms with Crippen LogP contribution in [0.5, 0.6) is 0 Å². The molecule has 1 aliphatic rings. The van der Waals surface area contributed by atoms with Gasteiger partial charge in [-0.05, 0) is 44.0 Å². The van der Waals surface area contributed by atoms with Crippen molar-refractivity contribution in [3.63, 3.8) is 0 Å². The first kappa shape index (κ1) is 21.9. The van der Waals surface area contributed by atoms with E-state index >= 15 is 0 Å². The highest BCUT2D eigenvalue weighted by molar-refractivity contribution is 7.14. The van der Waals surface area contributed by atoms with Gasteiger partial charge in [-0.3, -0.25) is 4.79 Å². The van der Waals surface area contributed by atoms with E-state index in [1.54, 1.807) is 11.3 Å². The third-order valence-electron chi connectivity index (χ3n) is 4.03. The smallest absolute Gasteiger partial charge is 0.475 e. The lowest BCUT2D eigenvalue weighted by atomic mass is 10.1. The van der Waals surface area contributed by atoms with Gasteiger partial charge in [0, 0.05) is 17.5 Å². The summed E-state index contributed by atoms with van der Waals surface area (Å²) in [5.41, 5.74) is 2.35. The number of carboxylic acids is 1. The van der Waals surface area contributed by atoms with E-state index in [1.807, 2.05) is 18.2 Å². The fraction of sp³-hybridized carbons (Fsp3) is 0.368. The number of amides is 1. The van der Waals surface area contributed by atoms with Crippen LogP contribution in [0.2, 0.25) is 0 Å². The Labute approximate surface area is 164 Å². The lowest BCUT2D eigenvalue weighted by Crippen LogP contribution is -2.21. The summed E-state index contributed by atoms with van der Waals surface area (Å²) in [7, 11) is 0. The summed E-state index contributed by atoms with van der Waals surface area (Å²) in [4.78, 5) is 23.2. The Balaban J connectivity index is 0.000000345. The molecule has 0 saturated carbocycles. The predicted molar refractivity (Wildman–Crippen MR) is 100 cm³/mol. The molecule has 0 spiro atoms. The number of carbonyl (C=O) groups is 2. The van der Waals surface area contributed by atoms with Crippen molar-refractivity contribution < 1.29 is 27.9 Å². The Kier molecular flexibility index (Phi) is 7.59. The van der Waals surface area contributed by atoms with Crippen molar-refractivity contribution in [2.24, 2.45) is 0 Å². The maximum Gasteiger partial charge on any atom is 0.490 e. The third-order valence-corrected chi connectivity index (χ3v) is 5.23. The molecule has 1 fully saturated rings. The number of hydrogen-bond acceptors (Lipinski definition) is 4. The zero-order valence-electron chi connectivity index (χ0n) is 15.2. The van der Waals surface area contributed by atoms with Crippen LogP contribution in [0.15, 0.2) is 36.4 Å². The molecule has 3 N–H and O–H groups in total. The molecule has 152 valence electrons. The van der Waals surface area contributed by atoms with Crippen molar-refractivity contribution in [1.82, 2.24) is 10.6 Å². The Morgan fingerprint density at radius 1 is 1.29 bits per heavy atom. The molecule has 2 aromatic rings. The quantitative estimate of drug-likeness (QED) is 0.706. The van der Waals surface area contributed by atoms with Crippen LogP contribution in [-0.4, -0.2) is 29.7 Å². The van der Waals surface area contributed by atoms with Gasteiger partial charge in [-0.15, -0.1) is 11.3 Å². The number of nitrogens with one attached hydrogen (secondary N) is 2. The van der Waals surface area contributed by atoms with Gasteiger partial charge < -0.3 is 15.7 Å². The standard InChI is InChI=1S/C17H20N2OS.C2HF3O2/c1-12-4-2-5-13(10-12)11-19-17(20)16-8-7-15(21-16)14-6-3-9-18-14;3-2(4,5)1(6)7/h2,4-5,7-8,10,14,18H,3,6,9,11H2,1H3,(H,19,20);(H,6,7). The van der Waals surface area contributed by atoms with Gasteiger partial charge in [0.05, 0.1) is 4.88 Å². The van der Waals surface area contributed by atoms with Gasteiger partial charge >= 0.3 is 12.1 Å².